The number of piperazine rings is 1. The average Bonchev–Trinajstić information content (AvgIpc) is 2.76. The molecular formula is C20H23F3N6O2. The summed E-state index contributed by atoms with van der Waals surface area (Å²) in [6.45, 7) is 5.14. The summed E-state index contributed by atoms with van der Waals surface area (Å²) >= 11 is 0. The van der Waals surface area contributed by atoms with Gasteiger partial charge in [-0.3, -0.25) is 4.79 Å². The number of ether oxygens (including phenoxy) is 1. The van der Waals surface area contributed by atoms with Gasteiger partial charge in [0.05, 0.1) is 5.69 Å². The Morgan fingerprint density at radius 2 is 2.00 bits per heavy atom. The van der Waals surface area contributed by atoms with Crippen molar-refractivity contribution in [3.05, 3.63) is 30.1 Å². The van der Waals surface area contributed by atoms with E-state index in [-0.39, 0.29) is 36.1 Å². The number of carbonyl (C=O) groups is 1. The zero-order chi connectivity index (χ0) is 22.0. The quantitative estimate of drug-likeness (QED) is 0.767. The van der Waals surface area contributed by atoms with E-state index < -0.39 is 11.9 Å². The van der Waals surface area contributed by atoms with Crippen molar-refractivity contribution in [2.24, 2.45) is 0 Å². The van der Waals surface area contributed by atoms with Crippen molar-refractivity contribution in [3.8, 4) is 17.1 Å². The summed E-state index contributed by atoms with van der Waals surface area (Å²) < 4.78 is 45.5. The molecule has 0 aromatic carbocycles. The maximum absolute atomic E-state index is 13.4. The van der Waals surface area contributed by atoms with Crippen LogP contribution in [0, 0.1) is 0 Å². The van der Waals surface area contributed by atoms with Crippen LogP contribution in [-0.2, 0) is 11.0 Å². The normalized spacial score (nSPS) is 19.2. The molecule has 2 aromatic heterocycles. The van der Waals surface area contributed by atoms with Gasteiger partial charge in [0.2, 0.25) is 11.8 Å². The van der Waals surface area contributed by atoms with E-state index in [1.165, 1.54) is 12.3 Å². The number of anilines is 1. The average molecular weight is 436 g/mol. The van der Waals surface area contributed by atoms with Gasteiger partial charge in [0.1, 0.15) is 0 Å². The highest BCUT2D eigenvalue weighted by atomic mass is 19.4. The molecule has 0 radical (unpaired) electrons. The van der Waals surface area contributed by atoms with Gasteiger partial charge in [-0.1, -0.05) is 0 Å². The molecule has 2 aliphatic rings. The number of alkyl halides is 3. The lowest BCUT2D eigenvalue weighted by molar-refractivity contribution is -0.141. The molecule has 1 atom stereocenters. The van der Waals surface area contributed by atoms with Gasteiger partial charge in [0.25, 0.3) is 5.91 Å². The maximum Gasteiger partial charge on any atom is 0.433 e. The van der Waals surface area contributed by atoms with Crippen LogP contribution in [-0.4, -0.2) is 71.1 Å². The van der Waals surface area contributed by atoms with Gasteiger partial charge in [0, 0.05) is 56.6 Å². The number of hydrogen-bond donors (Lipinski definition) is 1. The summed E-state index contributed by atoms with van der Waals surface area (Å²) in [6, 6.07) is 4.10. The van der Waals surface area contributed by atoms with Gasteiger partial charge in [0.15, 0.2) is 12.3 Å². The molecule has 0 unspecified atom stereocenters. The zero-order valence-electron chi connectivity index (χ0n) is 17.0. The summed E-state index contributed by atoms with van der Waals surface area (Å²) in [5.74, 6) is 0.144. The fourth-order valence-corrected chi connectivity index (χ4v) is 3.43. The van der Waals surface area contributed by atoms with E-state index in [1.807, 2.05) is 6.92 Å². The van der Waals surface area contributed by atoms with E-state index in [0.717, 1.165) is 25.6 Å². The number of hydrogen-bond acceptors (Lipinski definition) is 7. The van der Waals surface area contributed by atoms with E-state index in [1.54, 1.807) is 15.9 Å². The fraction of sp³-hybridized carbons (Fsp3) is 0.500. The molecule has 11 heteroatoms. The Kier molecular flexibility index (Phi) is 5.94. The zero-order valence-corrected chi connectivity index (χ0v) is 17.0. The molecule has 4 rings (SSSR count). The highest BCUT2D eigenvalue weighted by Crippen LogP contribution is 2.33. The molecule has 0 saturated carbocycles. The topological polar surface area (TPSA) is 83.5 Å². The van der Waals surface area contributed by atoms with Gasteiger partial charge in [-0.2, -0.15) is 13.2 Å². The highest BCUT2D eigenvalue weighted by molar-refractivity contribution is 5.77. The molecule has 0 spiro atoms. The van der Waals surface area contributed by atoms with E-state index in [4.69, 9.17) is 4.74 Å². The van der Waals surface area contributed by atoms with Gasteiger partial charge in [-0.05, 0) is 25.5 Å². The second-order valence-electron chi connectivity index (χ2n) is 7.57. The first-order valence-electron chi connectivity index (χ1n) is 10.1. The molecule has 8 nitrogen and oxygen atoms in total. The van der Waals surface area contributed by atoms with E-state index in [2.05, 4.69) is 20.3 Å². The third-order valence-corrected chi connectivity index (χ3v) is 5.43. The maximum atomic E-state index is 13.4. The van der Waals surface area contributed by atoms with Crippen LogP contribution >= 0.6 is 0 Å². The minimum absolute atomic E-state index is 0.0607. The van der Waals surface area contributed by atoms with Crippen LogP contribution in [0.3, 0.4) is 0 Å². The number of carbonyl (C=O) groups excluding carboxylic acids is 1. The Bertz CT molecular complexity index is 932. The van der Waals surface area contributed by atoms with Crippen LogP contribution in [0.1, 0.15) is 19.0 Å². The lowest BCUT2D eigenvalue weighted by atomic mass is 10.1. The Morgan fingerprint density at radius 3 is 2.58 bits per heavy atom. The number of aromatic nitrogens is 3. The number of pyridine rings is 1. The first-order chi connectivity index (χ1) is 14.8. The smallest absolute Gasteiger partial charge is 0.433 e. The van der Waals surface area contributed by atoms with E-state index >= 15 is 0 Å². The summed E-state index contributed by atoms with van der Waals surface area (Å²) in [5, 5.41) is 3.17. The molecule has 1 N–H and O–H groups in total. The van der Waals surface area contributed by atoms with Crippen molar-refractivity contribution in [3.63, 3.8) is 0 Å². The molecule has 166 valence electrons. The molecule has 4 heterocycles. The molecule has 2 saturated heterocycles. The summed E-state index contributed by atoms with van der Waals surface area (Å²) in [4.78, 5) is 27.8. The standard InChI is InChI=1S/C20H23F3N6O2/c1-13-4-7-29(13)19-26-15(10-16(27-19)20(21,22)23)14-2-3-17(25-11-14)31-12-18(30)28-8-5-24-6-9-28/h2-3,10-11,13,24H,4-9,12H2,1H3/t13-/m0/s1. The molecule has 0 aliphatic carbocycles. The minimum atomic E-state index is -4.58. The largest absolute Gasteiger partial charge is 0.468 e. The van der Waals surface area contributed by atoms with Crippen molar-refractivity contribution in [2.75, 3.05) is 44.2 Å². The molecule has 0 bridgehead atoms. The minimum Gasteiger partial charge on any atom is -0.468 e. The van der Waals surface area contributed by atoms with Gasteiger partial charge < -0.3 is 19.9 Å². The molecular weight excluding hydrogens is 413 g/mol. The summed E-state index contributed by atoms with van der Waals surface area (Å²) in [5.41, 5.74) is -0.455. The third kappa shape index (κ3) is 4.87. The first-order valence-corrected chi connectivity index (χ1v) is 10.1. The van der Waals surface area contributed by atoms with Crippen molar-refractivity contribution < 1.29 is 22.7 Å². The van der Waals surface area contributed by atoms with Gasteiger partial charge >= 0.3 is 6.18 Å². The predicted octanol–water partition coefficient (Wildman–Crippen LogP) is 1.97. The lowest BCUT2D eigenvalue weighted by Crippen LogP contribution is -2.47. The second kappa shape index (κ2) is 8.66. The summed E-state index contributed by atoms with van der Waals surface area (Å²) in [6.07, 6.45) is -2.31. The number of nitrogens with one attached hydrogen (secondary N) is 1. The van der Waals surface area contributed by atoms with Crippen molar-refractivity contribution >= 4 is 11.9 Å². The Hall–Kier alpha value is -2.95. The molecule has 31 heavy (non-hydrogen) atoms. The van der Waals surface area contributed by atoms with Gasteiger partial charge in [-0.15, -0.1) is 0 Å². The van der Waals surface area contributed by atoms with Crippen LogP contribution in [0.4, 0.5) is 19.1 Å². The number of amides is 1. The third-order valence-electron chi connectivity index (χ3n) is 5.43. The van der Waals surface area contributed by atoms with E-state index in [9.17, 15) is 18.0 Å². The van der Waals surface area contributed by atoms with Crippen molar-refractivity contribution in [1.29, 1.82) is 0 Å². The van der Waals surface area contributed by atoms with Crippen molar-refractivity contribution in [2.45, 2.75) is 25.6 Å². The van der Waals surface area contributed by atoms with E-state index in [0.29, 0.717) is 25.2 Å². The first kappa shape index (κ1) is 21.3. The summed E-state index contributed by atoms with van der Waals surface area (Å²) in [7, 11) is 0. The monoisotopic (exact) mass is 436 g/mol. The fourth-order valence-electron chi connectivity index (χ4n) is 3.43. The number of nitrogens with zero attached hydrogens (tertiary/aromatic N) is 5. The molecule has 2 fully saturated rings. The molecule has 1 amide bonds. The molecule has 2 aromatic rings. The Labute approximate surface area is 177 Å². The Morgan fingerprint density at radius 1 is 1.23 bits per heavy atom. The van der Waals surface area contributed by atoms with Crippen LogP contribution in [0.2, 0.25) is 0 Å². The predicted molar refractivity (Wildman–Crippen MR) is 107 cm³/mol. The Balaban J connectivity index is 1.49. The molecule has 2 aliphatic heterocycles. The van der Waals surface area contributed by atoms with Crippen LogP contribution in [0.5, 0.6) is 5.88 Å². The second-order valence-corrected chi connectivity index (χ2v) is 7.57. The van der Waals surface area contributed by atoms with Crippen molar-refractivity contribution in [1.82, 2.24) is 25.2 Å². The van der Waals surface area contributed by atoms with Crippen LogP contribution in [0.25, 0.3) is 11.3 Å². The number of halogens is 3. The van der Waals surface area contributed by atoms with Gasteiger partial charge in [-0.25, -0.2) is 15.0 Å². The number of rotatable bonds is 5. The lowest BCUT2D eigenvalue weighted by Gasteiger charge is -2.38. The highest BCUT2D eigenvalue weighted by Gasteiger charge is 2.36. The SMILES string of the molecule is C[C@H]1CCN1c1nc(-c2ccc(OCC(=O)N3CCNCC3)nc2)cc(C(F)(F)F)n1. The van der Waals surface area contributed by atoms with Crippen LogP contribution in [0.15, 0.2) is 24.4 Å². The van der Waals surface area contributed by atoms with Crippen LogP contribution < -0.4 is 15.0 Å².